The molecular weight excluding hydrogens is 851 g/mol. The number of amides is 2. The van der Waals surface area contributed by atoms with Crippen molar-refractivity contribution in [1.29, 1.82) is 0 Å². The van der Waals surface area contributed by atoms with Gasteiger partial charge in [0.15, 0.2) is 24.2 Å². The number of fused-ring (bicyclic) bond motifs is 3. The molecule has 2 fully saturated rings. The monoisotopic (exact) mass is 894 g/mol. The minimum Gasteiger partial charge on any atom is -0.507 e. The summed E-state index contributed by atoms with van der Waals surface area (Å²) in [5, 5.41) is 61.9. The van der Waals surface area contributed by atoms with Gasteiger partial charge < -0.3 is 54.1 Å². The number of ether oxygens (including phenoxy) is 5. The van der Waals surface area contributed by atoms with Gasteiger partial charge in [0, 0.05) is 74.8 Å². The van der Waals surface area contributed by atoms with Crippen molar-refractivity contribution in [1.82, 2.24) is 10.3 Å². The minimum absolute atomic E-state index is 0.0431. The van der Waals surface area contributed by atoms with Crippen LogP contribution in [0.3, 0.4) is 0 Å². The van der Waals surface area contributed by atoms with Crippen LogP contribution in [-0.4, -0.2) is 143 Å². The van der Waals surface area contributed by atoms with E-state index < -0.39 is 130 Å². The molecule has 2 saturated heterocycles. The van der Waals surface area contributed by atoms with Crippen molar-refractivity contribution in [3.05, 3.63) is 92.3 Å². The Morgan fingerprint density at radius 2 is 1.84 bits per heavy atom. The highest BCUT2D eigenvalue weighted by atomic mass is 35.5. The van der Waals surface area contributed by atoms with Crippen LogP contribution in [0.4, 0.5) is 10.1 Å². The molecule has 0 spiro atoms. The van der Waals surface area contributed by atoms with E-state index in [4.69, 9.17) is 35.3 Å². The third-order valence-electron chi connectivity index (χ3n) is 12.3. The second kappa shape index (κ2) is 17.3. The topological polar surface area (TPSA) is 246 Å². The van der Waals surface area contributed by atoms with Crippen molar-refractivity contribution in [3.8, 4) is 17.2 Å². The summed E-state index contributed by atoms with van der Waals surface area (Å²) in [6.07, 6.45) is -3.36. The van der Waals surface area contributed by atoms with Gasteiger partial charge in [-0.05, 0) is 25.1 Å². The smallest absolute Gasteiger partial charge is 0.272 e. The molecule has 1 unspecified atom stereocenters. The molecule has 18 nitrogen and oxygen atoms in total. The lowest BCUT2D eigenvalue weighted by atomic mass is 9.71. The van der Waals surface area contributed by atoms with Crippen LogP contribution in [0, 0.1) is 5.82 Å². The number of benzene rings is 3. The zero-order valence-corrected chi connectivity index (χ0v) is 34.9. The van der Waals surface area contributed by atoms with Crippen molar-refractivity contribution in [3.63, 3.8) is 0 Å². The summed E-state index contributed by atoms with van der Waals surface area (Å²) in [5.74, 6) is -5.69. The Labute approximate surface area is 364 Å². The Balaban J connectivity index is 1.17. The Hall–Kier alpha value is -5.35. The number of aromatic hydroxyl groups is 2. The van der Waals surface area contributed by atoms with Gasteiger partial charge in [-0.25, -0.2) is 9.82 Å². The van der Waals surface area contributed by atoms with E-state index in [-0.39, 0.29) is 46.7 Å². The van der Waals surface area contributed by atoms with Crippen LogP contribution in [0.25, 0.3) is 0 Å². The van der Waals surface area contributed by atoms with Gasteiger partial charge in [0.2, 0.25) is 5.78 Å². The number of hydrazone groups is 1. The maximum absolute atomic E-state index is 15.4. The van der Waals surface area contributed by atoms with Gasteiger partial charge in [-0.1, -0.05) is 29.8 Å². The number of methoxy groups -OCH3 is 2. The number of aliphatic hydroxyl groups excluding tert-OH is 2. The molecule has 8 rings (SSSR count). The van der Waals surface area contributed by atoms with Crippen LogP contribution in [0.15, 0.2) is 47.6 Å². The quantitative estimate of drug-likeness (QED) is 0.0760. The molecule has 7 atom stereocenters. The summed E-state index contributed by atoms with van der Waals surface area (Å²) in [6.45, 7) is 1.78. The predicted molar refractivity (Wildman–Crippen MR) is 219 cm³/mol. The maximum Gasteiger partial charge on any atom is 0.272 e. The third kappa shape index (κ3) is 7.66. The van der Waals surface area contributed by atoms with Crippen LogP contribution in [0.1, 0.15) is 79.2 Å². The van der Waals surface area contributed by atoms with E-state index in [1.54, 1.807) is 6.92 Å². The molecule has 63 heavy (non-hydrogen) atoms. The van der Waals surface area contributed by atoms with Gasteiger partial charge in [-0.3, -0.25) is 24.1 Å². The fraction of sp³-hybridized carbons (Fsp3) is 0.419. The van der Waals surface area contributed by atoms with E-state index in [9.17, 15) is 44.7 Å². The van der Waals surface area contributed by atoms with Crippen molar-refractivity contribution >= 4 is 46.4 Å². The van der Waals surface area contributed by atoms with Gasteiger partial charge in [0.1, 0.15) is 22.8 Å². The number of nitrogens with one attached hydrogen (secondary N) is 1. The zero-order valence-electron chi connectivity index (χ0n) is 34.2. The number of phenolic OH excluding ortho intramolecular Hbond substituents is 2. The first-order valence-electron chi connectivity index (χ1n) is 20.0. The number of hydrogen-bond donors (Lipinski definition) is 6. The molecule has 20 heteroatoms. The molecule has 334 valence electrons. The second-order valence-corrected chi connectivity index (χ2v) is 16.2. The van der Waals surface area contributed by atoms with Gasteiger partial charge in [0.25, 0.3) is 11.8 Å². The SMILES string of the molecule is COc1cccc2c1C(=O)c1c(O)c3c(c(O)c1C2=O)C[C@@](O)(/C(CO)=N/NC(=O)c1ccc(N2CC=CC2=O)c(F)c1Cl)C[C@@H]3O[C@H]1CC(N2CCO[C@H](OC)C2)[C@H](O)[C@H](C)O1. The second-order valence-electron chi connectivity index (χ2n) is 15.8. The van der Waals surface area contributed by atoms with E-state index in [1.165, 1.54) is 56.7 Å². The van der Waals surface area contributed by atoms with E-state index in [0.717, 1.165) is 4.90 Å². The molecule has 0 saturated carbocycles. The molecule has 3 heterocycles. The predicted octanol–water partition coefficient (Wildman–Crippen LogP) is 2.26. The molecule has 0 radical (unpaired) electrons. The molecular formula is C43H44ClFN4O14. The Bertz CT molecular complexity index is 2470. The number of carbonyl (C=O) groups is 4. The van der Waals surface area contributed by atoms with Crippen molar-refractivity contribution < 1.29 is 72.8 Å². The average molecular weight is 895 g/mol. The Morgan fingerprint density at radius 3 is 2.54 bits per heavy atom. The van der Waals surface area contributed by atoms with Gasteiger partial charge in [-0.15, -0.1) is 0 Å². The number of morpholine rings is 1. The highest BCUT2D eigenvalue weighted by molar-refractivity contribution is 6.34. The van der Waals surface area contributed by atoms with Crippen molar-refractivity contribution in [2.24, 2.45) is 5.10 Å². The molecule has 5 aliphatic rings. The van der Waals surface area contributed by atoms with E-state index in [0.29, 0.717) is 19.7 Å². The standard InChI is InChI=1S/C43H44ClFN4O14/c1-19-37(52)24(48-12-13-61-30(17-48)60-3)14-29(62-19)63-26-16-43(58,27(18-50)46-47-42(57)21-9-10-23(36(45)35(21)44)49-11-5-8-28(49)51)15-22-32(26)41(56)34-33(39(22)54)38(53)20-6-4-7-25(59-2)31(20)40(34)55/h4-10,19,24,26,29-30,37,50,52,54,56,58H,11-18H2,1-3H3,(H,47,57)/b46-27+/t19-,24?,26-,29-,30-,37+,43-/m0/s1. The number of carbonyl (C=O) groups excluding carboxylic acids is 4. The average Bonchev–Trinajstić information content (AvgIpc) is 3.70. The molecule has 2 aliphatic carbocycles. The fourth-order valence-electron chi connectivity index (χ4n) is 9.04. The lowest BCUT2D eigenvalue weighted by molar-refractivity contribution is -0.265. The number of hydrogen-bond acceptors (Lipinski definition) is 16. The van der Waals surface area contributed by atoms with Gasteiger partial charge in [0.05, 0.1) is 77.3 Å². The summed E-state index contributed by atoms with van der Waals surface area (Å²) in [6, 6.07) is 6.11. The molecule has 0 bridgehead atoms. The zero-order chi connectivity index (χ0) is 45.1. The van der Waals surface area contributed by atoms with Gasteiger partial charge >= 0.3 is 0 Å². The van der Waals surface area contributed by atoms with Crippen LogP contribution in [-0.2, 0) is 30.2 Å². The van der Waals surface area contributed by atoms with Gasteiger partial charge in [-0.2, -0.15) is 5.10 Å². The third-order valence-corrected chi connectivity index (χ3v) is 12.6. The number of ketones is 2. The van der Waals surface area contributed by atoms with Crippen LogP contribution < -0.4 is 15.1 Å². The van der Waals surface area contributed by atoms with Crippen molar-refractivity contribution in [2.75, 3.05) is 52.0 Å². The number of aliphatic hydroxyl groups is 3. The van der Waals surface area contributed by atoms with Crippen molar-refractivity contribution in [2.45, 2.75) is 68.7 Å². The summed E-state index contributed by atoms with van der Waals surface area (Å²) in [7, 11) is 2.80. The fourth-order valence-corrected chi connectivity index (χ4v) is 9.29. The number of halogens is 2. The lowest BCUT2D eigenvalue weighted by Gasteiger charge is -2.47. The minimum atomic E-state index is -2.32. The number of rotatable bonds is 10. The van der Waals surface area contributed by atoms with Crippen LogP contribution in [0.2, 0.25) is 5.02 Å². The highest BCUT2D eigenvalue weighted by Gasteiger charge is 2.50. The summed E-state index contributed by atoms with van der Waals surface area (Å²) >= 11 is 6.26. The summed E-state index contributed by atoms with van der Waals surface area (Å²) in [4.78, 5) is 57.0. The van der Waals surface area contributed by atoms with E-state index >= 15 is 4.39 Å². The summed E-state index contributed by atoms with van der Waals surface area (Å²) in [5.41, 5.74) is -2.94. The largest absolute Gasteiger partial charge is 0.507 e. The lowest BCUT2D eigenvalue weighted by Crippen LogP contribution is -2.59. The number of anilines is 1. The first kappa shape index (κ1) is 44.3. The molecule has 3 aromatic carbocycles. The summed E-state index contributed by atoms with van der Waals surface area (Å²) < 4.78 is 44.5. The molecule has 3 aliphatic heterocycles. The maximum atomic E-state index is 15.4. The number of phenols is 2. The Kier molecular flexibility index (Phi) is 12.2. The molecule has 2 amide bonds. The first-order valence-corrected chi connectivity index (χ1v) is 20.4. The van der Waals surface area contributed by atoms with Crippen LogP contribution in [0.5, 0.6) is 17.2 Å². The number of nitrogens with zero attached hydrogens (tertiary/aromatic N) is 3. The first-order chi connectivity index (χ1) is 30.1. The van der Waals surface area contributed by atoms with E-state index in [2.05, 4.69) is 10.5 Å². The Morgan fingerprint density at radius 1 is 1.08 bits per heavy atom. The molecule has 6 N–H and O–H groups in total. The van der Waals surface area contributed by atoms with E-state index in [1.807, 2.05) is 4.90 Å². The normalized spacial score (nSPS) is 27.3. The molecule has 0 aromatic heterocycles. The van der Waals surface area contributed by atoms with Crippen LogP contribution >= 0.6 is 11.6 Å². The molecule has 3 aromatic rings. The highest BCUT2D eigenvalue weighted by Crippen LogP contribution is 2.53.